The molecule has 0 aliphatic heterocycles. The summed E-state index contributed by atoms with van der Waals surface area (Å²) in [6.07, 6.45) is 0.330. The second-order valence-electron chi connectivity index (χ2n) is 5.00. The third kappa shape index (κ3) is 3.93. The fourth-order valence-electron chi connectivity index (χ4n) is 2.16. The molecule has 20 heavy (non-hydrogen) atoms. The molecule has 0 aromatic heterocycles. The van der Waals surface area contributed by atoms with Crippen molar-refractivity contribution in [2.45, 2.75) is 25.4 Å². The highest BCUT2D eigenvalue weighted by Crippen LogP contribution is 2.21. The first kappa shape index (κ1) is 14.3. The molecule has 2 aromatic carbocycles. The summed E-state index contributed by atoms with van der Waals surface area (Å²) in [6.45, 7) is 1.83. The molecule has 1 amide bonds. The van der Waals surface area contributed by atoms with E-state index >= 15 is 0 Å². The number of carbonyl (C=O) groups excluding carboxylic acids is 1. The van der Waals surface area contributed by atoms with Crippen molar-refractivity contribution in [2.75, 3.05) is 0 Å². The fourth-order valence-corrected chi connectivity index (χ4v) is 2.16. The molecular formula is C17H20N2O. The Hall–Kier alpha value is -2.13. The van der Waals surface area contributed by atoms with Crippen molar-refractivity contribution in [3.63, 3.8) is 0 Å². The second-order valence-corrected chi connectivity index (χ2v) is 5.00. The molecule has 3 nitrogen and oxygen atoms in total. The van der Waals surface area contributed by atoms with E-state index in [1.165, 1.54) is 0 Å². The van der Waals surface area contributed by atoms with Crippen molar-refractivity contribution in [2.24, 2.45) is 5.73 Å². The number of hydrogen-bond acceptors (Lipinski definition) is 2. The molecule has 0 heterocycles. The van der Waals surface area contributed by atoms with Crippen LogP contribution in [0.3, 0.4) is 0 Å². The van der Waals surface area contributed by atoms with Gasteiger partial charge >= 0.3 is 0 Å². The lowest BCUT2D eigenvalue weighted by molar-refractivity contribution is -0.121. The molecule has 104 valence electrons. The first-order chi connectivity index (χ1) is 9.66. The van der Waals surface area contributed by atoms with Crippen LogP contribution in [0, 0.1) is 0 Å². The average molecular weight is 268 g/mol. The van der Waals surface area contributed by atoms with Crippen LogP contribution < -0.4 is 11.1 Å². The van der Waals surface area contributed by atoms with Gasteiger partial charge in [0.05, 0.1) is 6.04 Å². The van der Waals surface area contributed by atoms with E-state index in [-0.39, 0.29) is 18.0 Å². The molecule has 0 radical (unpaired) electrons. The van der Waals surface area contributed by atoms with Crippen LogP contribution in [0.25, 0.3) is 0 Å². The van der Waals surface area contributed by atoms with E-state index in [4.69, 9.17) is 5.73 Å². The van der Waals surface area contributed by atoms with Crippen LogP contribution in [0.5, 0.6) is 0 Å². The standard InChI is InChI=1S/C17H20N2O/c1-13(18)12-16(20)19-17(14-8-4-2-5-9-14)15-10-6-3-7-11-15/h2-11,13,17H,12,18H2,1H3,(H,19,20). The van der Waals surface area contributed by atoms with Gasteiger partial charge in [0.25, 0.3) is 0 Å². The van der Waals surface area contributed by atoms with Crippen LogP contribution >= 0.6 is 0 Å². The predicted octanol–water partition coefficient (Wildman–Crippen LogP) is 2.63. The first-order valence-electron chi connectivity index (χ1n) is 6.81. The van der Waals surface area contributed by atoms with Crippen LogP contribution in [0.15, 0.2) is 60.7 Å². The molecule has 0 saturated heterocycles. The van der Waals surface area contributed by atoms with Crippen molar-refractivity contribution in [3.8, 4) is 0 Å². The molecule has 3 N–H and O–H groups in total. The van der Waals surface area contributed by atoms with Crippen LogP contribution in [-0.4, -0.2) is 11.9 Å². The molecule has 3 heteroatoms. The Balaban J connectivity index is 2.24. The van der Waals surface area contributed by atoms with Crippen LogP contribution in [0.1, 0.15) is 30.5 Å². The Morgan fingerprint density at radius 3 is 1.85 bits per heavy atom. The zero-order chi connectivity index (χ0) is 14.4. The van der Waals surface area contributed by atoms with Gasteiger partial charge in [0.15, 0.2) is 0 Å². The summed E-state index contributed by atoms with van der Waals surface area (Å²) in [4.78, 5) is 12.0. The molecule has 0 aliphatic carbocycles. The Morgan fingerprint density at radius 2 is 1.45 bits per heavy atom. The minimum absolute atomic E-state index is 0.0299. The number of nitrogens with two attached hydrogens (primary N) is 1. The molecule has 1 atom stereocenters. The van der Waals surface area contributed by atoms with E-state index in [9.17, 15) is 4.79 Å². The fraction of sp³-hybridized carbons (Fsp3) is 0.235. The normalized spacial score (nSPS) is 12.2. The summed E-state index contributed by atoms with van der Waals surface area (Å²) in [5, 5.41) is 3.06. The van der Waals surface area contributed by atoms with Gasteiger partial charge in [-0.15, -0.1) is 0 Å². The molecule has 0 fully saturated rings. The summed E-state index contributed by atoms with van der Waals surface area (Å²) in [5.41, 5.74) is 7.82. The van der Waals surface area contributed by atoms with Crippen molar-refractivity contribution < 1.29 is 4.79 Å². The topological polar surface area (TPSA) is 55.1 Å². The number of amides is 1. The lowest BCUT2D eigenvalue weighted by Gasteiger charge is -2.20. The van der Waals surface area contributed by atoms with Crippen molar-refractivity contribution in [1.29, 1.82) is 0 Å². The monoisotopic (exact) mass is 268 g/mol. The summed E-state index contributed by atoms with van der Waals surface area (Å²) in [6, 6.07) is 19.6. The zero-order valence-corrected chi connectivity index (χ0v) is 11.6. The van der Waals surface area contributed by atoms with E-state index in [2.05, 4.69) is 5.32 Å². The quantitative estimate of drug-likeness (QED) is 0.876. The van der Waals surface area contributed by atoms with Crippen LogP contribution in [-0.2, 0) is 4.79 Å². The van der Waals surface area contributed by atoms with E-state index in [1.54, 1.807) is 0 Å². The number of hydrogen-bond donors (Lipinski definition) is 2. The van der Waals surface area contributed by atoms with Gasteiger partial charge < -0.3 is 11.1 Å². The summed E-state index contributed by atoms with van der Waals surface area (Å²) < 4.78 is 0. The first-order valence-corrected chi connectivity index (χ1v) is 6.81. The minimum atomic E-state index is -0.137. The highest BCUT2D eigenvalue weighted by atomic mass is 16.1. The molecule has 0 saturated carbocycles. The molecule has 2 rings (SSSR count). The van der Waals surface area contributed by atoms with Gasteiger partial charge in [0, 0.05) is 12.5 Å². The largest absolute Gasteiger partial charge is 0.345 e. The van der Waals surface area contributed by atoms with E-state index in [0.717, 1.165) is 11.1 Å². The molecule has 2 aromatic rings. The molecule has 0 spiro atoms. The highest BCUT2D eigenvalue weighted by Gasteiger charge is 2.16. The number of rotatable bonds is 5. The van der Waals surface area contributed by atoms with Gasteiger partial charge in [-0.25, -0.2) is 0 Å². The number of carbonyl (C=O) groups is 1. The maximum atomic E-state index is 12.0. The lowest BCUT2D eigenvalue weighted by Crippen LogP contribution is -2.33. The van der Waals surface area contributed by atoms with Gasteiger partial charge in [-0.05, 0) is 18.1 Å². The van der Waals surface area contributed by atoms with Gasteiger partial charge in [-0.2, -0.15) is 0 Å². The summed E-state index contributed by atoms with van der Waals surface area (Å²) in [5.74, 6) is -0.0299. The maximum Gasteiger partial charge on any atom is 0.222 e. The summed E-state index contributed by atoms with van der Waals surface area (Å²) in [7, 11) is 0. The lowest BCUT2D eigenvalue weighted by atomic mass is 9.98. The molecular weight excluding hydrogens is 248 g/mol. The van der Waals surface area contributed by atoms with E-state index in [0.29, 0.717) is 6.42 Å². The molecule has 1 unspecified atom stereocenters. The van der Waals surface area contributed by atoms with E-state index < -0.39 is 0 Å². The van der Waals surface area contributed by atoms with Crippen molar-refractivity contribution >= 4 is 5.91 Å². The molecule has 0 bridgehead atoms. The zero-order valence-electron chi connectivity index (χ0n) is 11.6. The van der Waals surface area contributed by atoms with Crippen LogP contribution in [0.4, 0.5) is 0 Å². The third-order valence-corrected chi connectivity index (χ3v) is 3.08. The number of nitrogens with one attached hydrogen (secondary N) is 1. The smallest absolute Gasteiger partial charge is 0.222 e. The molecule has 0 aliphatic rings. The van der Waals surface area contributed by atoms with Crippen molar-refractivity contribution in [1.82, 2.24) is 5.32 Å². The van der Waals surface area contributed by atoms with Crippen LogP contribution in [0.2, 0.25) is 0 Å². The third-order valence-electron chi connectivity index (χ3n) is 3.08. The number of benzene rings is 2. The maximum absolute atomic E-state index is 12.0. The highest BCUT2D eigenvalue weighted by molar-refractivity contribution is 5.77. The average Bonchev–Trinajstić information content (AvgIpc) is 2.46. The summed E-state index contributed by atoms with van der Waals surface area (Å²) >= 11 is 0. The second kappa shape index (κ2) is 6.87. The van der Waals surface area contributed by atoms with Gasteiger partial charge in [-0.1, -0.05) is 60.7 Å². The predicted molar refractivity (Wildman–Crippen MR) is 81.1 cm³/mol. The van der Waals surface area contributed by atoms with Crippen molar-refractivity contribution in [3.05, 3.63) is 71.8 Å². The Morgan fingerprint density at radius 1 is 1.00 bits per heavy atom. The van der Waals surface area contributed by atoms with Gasteiger partial charge in [0.1, 0.15) is 0 Å². The SMILES string of the molecule is CC(N)CC(=O)NC(c1ccccc1)c1ccccc1. The Labute approximate surface area is 119 Å². The van der Waals surface area contributed by atoms with Gasteiger partial charge in [0.2, 0.25) is 5.91 Å². The minimum Gasteiger partial charge on any atom is -0.345 e. The Kier molecular flexibility index (Phi) is 4.91. The Bertz CT molecular complexity index is 498. The van der Waals surface area contributed by atoms with Gasteiger partial charge in [-0.3, -0.25) is 4.79 Å². The van der Waals surface area contributed by atoms with E-state index in [1.807, 2.05) is 67.6 Å².